The quantitative estimate of drug-likeness (QED) is 0.0108. The molecule has 35 nitrogen and oxygen atoms in total. The average molecular weight is 2070 g/mol. The van der Waals surface area contributed by atoms with Crippen LogP contribution in [0, 0.1) is 66.0 Å². The molecule has 0 heterocycles. The molecule has 13 atom stereocenters. The molecule has 0 aromatic carbocycles. The summed E-state index contributed by atoms with van der Waals surface area (Å²) in [5.41, 5.74) is -2.28. The Kier molecular flexibility index (Phi) is 48.4. The number of halogens is 2. The van der Waals surface area contributed by atoms with Gasteiger partial charge >= 0.3 is 78.5 Å². The average Bonchev–Trinajstić information content (AvgIpc) is 0.810. The van der Waals surface area contributed by atoms with Crippen molar-refractivity contribution in [3.05, 3.63) is 25.3 Å². The minimum atomic E-state index is -3.55. The van der Waals surface area contributed by atoms with Gasteiger partial charge < -0.3 is 107 Å². The smallest absolute Gasteiger partial charge is 0.465 e. The second kappa shape index (κ2) is 55.4. The van der Waals surface area contributed by atoms with E-state index in [9.17, 15) is 62.3 Å². The molecule has 0 bridgehead atoms. The van der Waals surface area contributed by atoms with Crippen molar-refractivity contribution < 1.29 is 146 Å². The molecule has 814 valence electrons. The number of ether oxygens (including phenoxy) is 15. The number of carbonyl (C=O) groups excluding carboxylic acids is 13. The Labute approximate surface area is 845 Å². The van der Waals surface area contributed by atoms with Gasteiger partial charge in [-0.15, -0.1) is 0 Å². The number of hydrogen-bond donors (Lipinski definition) is 6. The molecule has 40 heteroatoms. The fourth-order valence-corrected chi connectivity index (χ4v) is 41.7. The van der Waals surface area contributed by atoms with Crippen molar-refractivity contribution in [2.75, 3.05) is 112 Å². The fraction of sp³-hybridized carbons (Fsp3) is 0.833. The molecule has 13 unspecified atom stereocenters. The van der Waals surface area contributed by atoms with Crippen LogP contribution in [0.1, 0.15) is 271 Å². The van der Waals surface area contributed by atoms with E-state index >= 15 is 8.78 Å². The zero-order valence-electron chi connectivity index (χ0n) is 89.8. The van der Waals surface area contributed by atoms with Gasteiger partial charge in [0.1, 0.15) is 45.7 Å². The SMILES string of the molecule is C=CC(=O)OCCOC(=O)CC1CC(C)(C)CC(C)(CNC(=O)OCC(C)OC(=O)CCC2(C)CC(NC(=O)OCC(F)(F)CCOC(=O)CC3CC(C)(C)CC(C)(CNC(=O)OCC(COCCC[Si](C)(C[Si](C)(C)C)O[Si](C)(C)C)OC(=O)CCC4(C)CC(NC(=O)OCCCOC(=O)OCCCOC(=O)NC5CC(C)(C)CC(C)(CNC(=O)OCCOC(=O)C=C)C5)CC(C)(C)C4)C3)CC(C)(C)C2)C1. The Hall–Kier alpha value is -8.38. The van der Waals surface area contributed by atoms with Gasteiger partial charge in [-0.25, -0.2) is 51.9 Å². The van der Waals surface area contributed by atoms with Crippen LogP contribution >= 0.6 is 0 Å². The maximum Gasteiger partial charge on any atom is 0.508 e. The van der Waals surface area contributed by atoms with Gasteiger partial charge in [0.25, 0.3) is 5.92 Å². The molecule has 0 aliphatic heterocycles. The maximum atomic E-state index is 15.5. The predicted octanol–water partition coefficient (Wildman–Crippen LogP) is 19.2. The number of alkyl carbamates (subject to hydrolysis) is 6. The van der Waals surface area contributed by atoms with Gasteiger partial charge in [0.2, 0.25) is 0 Å². The number of esters is 6. The summed E-state index contributed by atoms with van der Waals surface area (Å²) >= 11 is 0. The lowest BCUT2D eigenvalue weighted by Crippen LogP contribution is -2.50. The Morgan fingerprint density at radius 1 is 0.387 bits per heavy atom. The molecule has 0 radical (unpaired) electrons. The lowest BCUT2D eigenvalue weighted by molar-refractivity contribution is -0.156. The summed E-state index contributed by atoms with van der Waals surface area (Å²) in [4.78, 5) is 167. The third kappa shape index (κ3) is 52.1. The van der Waals surface area contributed by atoms with Crippen molar-refractivity contribution in [1.82, 2.24) is 31.9 Å². The standard InChI is InChI=1S/C102H176F2N6O29Si3/c1-26-79(111)126-42-43-128-84(116)48-74-50-93(6,7)64-99(16,52-74)67-106-86(118)134-59-72(3)137-81(113)31-33-97(14)57-76(54-95(10,11)62-97)110-90(122)136-70-102(103,104)35-41-125-83(115)47-73-49-92(4,5)65-100(17,51-73)68-107-87(119)135-61-78(60-124-36-30-46-142(25,71-140(19,20)21)139-141(22,23)24)138-82(114)32-34-98(15)56-75(53-94(8,9)63-98)108-88(120)129-37-28-39-132-91(123)133-40-29-38-130-89(121)109-77-55-96(12,13)66-101(18,58-77)69-105-85(117)131-45-44-127-80(112)27-2/h26-27,72-78H,1-2,28-71H2,3-25H3,(H,105,117)(H,106,118)(H,107,119)(H,108,120)(H,109,121)(H,110,122). The Morgan fingerprint density at radius 3 is 1.19 bits per heavy atom. The van der Waals surface area contributed by atoms with E-state index in [0.29, 0.717) is 90.1 Å². The first-order chi connectivity index (χ1) is 65.6. The Balaban J connectivity index is 1.02. The largest absolute Gasteiger partial charge is 0.508 e. The molecule has 5 saturated carbocycles. The van der Waals surface area contributed by atoms with E-state index < -0.39 is 163 Å². The number of nitrogens with one attached hydrogen (secondary N) is 6. The first kappa shape index (κ1) is 124. The van der Waals surface area contributed by atoms with E-state index in [2.05, 4.69) is 160 Å². The van der Waals surface area contributed by atoms with Crippen molar-refractivity contribution in [2.24, 2.45) is 66.0 Å². The normalized spacial score (nSPS) is 25.2. The summed E-state index contributed by atoms with van der Waals surface area (Å²) in [5.74, 6) is -7.12. The van der Waals surface area contributed by atoms with E-state index in [4.69, 9.17) is 75.2 Å². The second-order valence-corrected chi connectivity index (χ2v) is 64.1. The second-order valence-electron chi connectivity index (χ2n) is 49.1. The van der Waals surface area contributed by atoms with Crippen LogP contribution in [0.3, 0.4) is 0 Å². The molecular weight excluding hydrogens is 1900 g/mol. The zero-order valence-corrected chi connectivity index (χ0v) is 92.8. The number of rotatable bonds is 56. The number of alkyl halides is 2. The van der Waals surface area contributed by atoms with E-state index in [1.54, 1.807) is 6.92 Å². The van der Waals surface area contributed by atoms with Gasteiger partial charge in [-0.3, -0.25) is 19.2 Å². The summed E-state index contributed by atoms with van der Waals surface area (Å²) in [6, 6.07) is -0.141. The molecule has 5 fully saturated rings. The van der Waals surface area contributed by atoms with Crippen molar-refractivity contribution in [1.29, 1.82) is 0 Å². The molecule has 5 aliphatic rings. The predicted molar refractivity (Wildman–Crippen MR) is 536 cm³/mol. The van der Waals surface area contributed by atoms with Gasteiger partial charge in [0.15, 0.2) is 29.3 Å². The monoisotopic (exact) mass is 2070 g/mol. The van der Waals surface area contributed by atoms with E-state index in [-0.39, 0.29) is 193 Å². The molecule has 6 N–H and O–H groups in total. The number of carbonyl (C=O) groups is 13. The van der Waals surface area contributed by atoms with Crippen molar-refractivity contribution in [3.8, 4) is 0 Å². The van der Waals surface area contributed by atoms with Gasteiger partial charge in [-0.1, -0.05) is 137 Å². The van der Waals surface area contributed by atoms with E-state index in [1.165, 1.54) is 0 Å². The van der Waals surface area contributed by atoms with Crippen LogP contribution in [-0.2, 0) is 104 Å². The molecule has 5 rings (SSSR count). The van der Waals surface area contributed by atoms with Crippen LogP contribution in [0.25, 0.3) is 0 Å². The number of hydrogen-bond acceptors (Lipinski definition) is 29. The molecule has 0 spiro atoms. The fourth-order valence-electron chi connectivity index (χ4n) is 23.9. The van der Waals surface area contributed by atoms with Crippen LogP contribution in [0.5, 0.6) is 0 Å². The van der Waals surface area contributed by atoms with Crippen LogP contribution in [0.4, 0.5) is 42.3 Å². The van der Waals surface area contributed by atoms with Crippen LogP contribution in [0.2, 0.25) is 57.5 Å². The van der Waals surface area contributed by atoms with Crippen molar-refractivity contribution >= 4 is 103 Å². The molecule has 142 heavy (non-hydrogen) atoms. The maximum absolute atomic E-state index is 15.5. The minimum absolute atomic E-state index is 0.0103. The third-order valence-electron chi connectivity index (χ3n) is 26.5. The highest BCUT2D eigenvalue weighted by Gasteiger charge is 2.49. The summed E-state index contributed by atoms with van der Waals surface area (Å²) in [6.45, 7) is 53.2. The van der Waals surface area contributed by atoms with E-state index in [0.717, 1.165) is 56.0 Å². The lowest BCUT2D eigenvalue weighted by atomic mass is 9.60. The molecule has 0 saturated heterocycles. The zero-order chi connectivity index (χ0) is 107. The van der Waals surface area contributed by atoms with Crippen LogP contribution in [0.15, 0.2) is 25.3 Å². The van der Waals surface area contributed by atoms with Crippen molar-refractivity contribution in [3.63, 3.8) is 0 Å². The molecule has 0 aromatic rings. The first-order valence-corrected chi connectivity index (χ1v) is 60.8. The number of amides is 6. The molecule has 0 aromatic heterocycles. The minimum Gasteiger partial charge on any atom is -0.465 e. The first-order valence-electron chi connectivity index (χ1n) is 50.9. The summed E-state index contributed by atoms with van der Waals surface area (Å²) in [5, 5.41) is 17.2. The van der Waals surface area contributed by atoms with Crippen molar-refractivity contribution in [2.45, 2.75) is 365 Å². The lowest BCUT2D eigenvalue weighted by Gasteiger charge is -2.46. The summed E-state index contributed by atoms with van der Waals surface area (Å²) < 4.78 is 119. The van der Waals surface area contributed by atoms with Crippen LogP contribution < -0.4 is 31.9 Å². The summed E-state index contributed by atoms with van der Waals surface area (Å²) in [7, 11) is -5.50. The van der Waals surface area contributed by atoms with Gasteiger partial charge in [0.05, 0.1) is 39.6 Å². The topological polar surface area (TPSA) is 442 Å². The molecule has 6 amide bonds. The Bertz CT molecular complexity index is 4130. The summed E-state index contributed by atoms with van der Waals surface area (Å²) in [6.07, 6.45) is 5.60. The molecule has 5 aliphatic carbocycles. The van der Waals surface area contributed by atoms with Gasteiger partial charge in [-0.05, 0) is 226 Å². The highest BCUT2D eigenvalue weighted by atomic mass is 28.4. The van der Waals surface area contributed by atoms with Crippen LogP contribution in [-0.4, -0.2) is 252 Å². The highest BCUT2D eigenvalue weighted by molar-refractivity contribution is 6.96. The molecular formula is C102H176F2N6O29Si3. The Morgan fingerprint density at radius 2 is 0.754 bits per heavy atom. The van der Waals surface area contributed by atoms with Gasteiger partial charge in [-0.2, -0.15) is 0 Å². The van der Waals surface area contributed by atoms with Gasteiger partial charge in [0, 0.05) is 110 Å². The highest BCUT2D eigenvalue weighted by Crippen LogP contribution is 2.54. The third-order valence-corrected chi connectivity index (χ3v) is 39.5. The van der Waals surface area contributed by atoms with E-state index in [1.807, 2.05) is 34.6 Å².